The van der Waals surface area contributed by atoms with Gasteiger partial charge in [0.15, 0.2) is 0 Å². The Hall–Kier alpha value is -2.60. The van der Waals surface area contributed by atoms with Gasteiger partial charge in [-0.3, -0.25) is 4.90 Å². The Balaban J connectivity index is 1.79. The van der Waals surface area contributed by atoms with Gasteiger partial charge < -0.3 is 14.6 Å². The van der Waals surface area contributed by atoms with Crippen LogP contribution < -0.4 is 0 Å². The van der Waals surface area contributed by atoms with Crippen molar-refractivity contribution in [3.8, 4) is 0 Å². The van der Waals surface area contributed by atoms with Crippen LogP contribution in [0.1, 0.15) is 12.0 Å². The van der Waals surface area contributed by atoms with E-state index >= 15 is 0 Å². The lowest BCUT2D eigenvalue weighted by molar-refractivity contribution is -0.145. The van der Waals surface area contributed by atoms with E-state index in [4.69, 9.17) is 9.47 Å². The number of rotatable bonds is 3. The zero-order chi connectivity index (χ0) is 17.2. The van der Waals surface area contributed by atoms with Crippen LogP contribution in [0.5, 0.6) is 0 Å². The highest BCUT2D eigenvalue weighted by molar-refractivity contribution is 5.83. The molecule has 24 heavy (non-hydrogen) atoms. The van der Waals surface area contributed by atoms with E-state index in [1.54, 1.807) is 24.3 Å². The summed E-state index contributed by atoms with van der Waals surface area (Å²) in [5.41, 5.74) is -0.451. The van der Waals surface area contributed by atoms with Crippen LogP contribution in [-0.4, -0.2) is 46.9 Å². The quantitative estimate of drug-likeness (QED) is 0.856. The molecular weight excluding hydrogens is 310 g/mol. The van der Waals surface area contributed by atoms with Crippen molar-refractivity contribution in [3.63, 3.8) is 0 Å². The lowest BCUT2D eigenvalue weighted by Crippen LogP contribution is -2.48. The predicted molar refractivity (Wildman–Crippen MR) is 85.9 cm³/mol. The van der Waals surface area contributed by atoms with Crippen LogP contribution in [0.2, 0.25) is 0 Å². The molecular formula is C18H19NO5. The number of ether oxygens (including phenoxy) is 2. The monoisotopic (exact) mass is 329 g/mol. The molecule has 1 aliphatic carbocycles. The van der Waals surface area contributed by atoms with Gasteiger partial charge in [0.05, 0.1) is 13.2 Å². The van der Waals surface area contributed by atoms with Gasteiger partial charge in [-0.2, -0.15) is 0 Å². The minimum absolute atomic E-state index is 0.0750. The number of nitrogens with zero attached hydrogens (tertiary/aromatic N) is 1. The summed E-state index contributed by atoms with van der Waals surface area (Å²) < 4.78 is 10.1. The van der Waals surface area contributed by atoms with Crippen LogP contribution >= 0.6 is 0 Å². The number of carbonyl (C=O) groups excluding carboxylic acids is 2. The Bertz CT molecular complexity index is 684. The van der Waals surface area contributed by atoms with Gasteiger partial charge in [0.1, 0.15) is 18.2 Å². The molecule has 6 nitrogen and oxygen atoms in total. The fraction of sp³-hybridized carbons (Fsp3) is 0.333. The summed E-state index contributed by atoms with van der Waals surface area (Å²) in [6.07, 6.45) is 6.13. The zero-order valence-electron chi connectivity index (χ0n) is 13.3. The first-order valence-electron chi connectivity index (χ1n) is 7.70. The minimum atomic E-state index is -1.29. The fourth-order valence-electron chi connectivity index (χ4n) is 3.15. The highest BCUT2D eigenvalue weighted by Gasteiger charge is 2.55. The third-order valence-corrected chi connectivity index (χ3v) is 4.35. The maximum absolute atomic E-state index is 12.6. The van der Waals surface area contributed by atoms with Crippen molar-refractivity contribution >= 4 is 12.1 Å². The summed E-state index contributed by atoms with van der Waals surface area (Å²) in [5, 5.41) is 10.7. The van der Waals surface area contributed by atoms with E-state index in [9.17, 15) is 14.7 Å². The van der Waals surface area contributed by atoms with E-state index < -0.39 is 29.7 Å². The summed E-state index contributed by atoms with van der Waals surface area (Å²) in [6, 6.07) is 7.71. The highest BCUT2D eigenvalue weighted by Crippen LogP contribution is 2.38. The summed E-state index contributed by atoms with van der Waals surface area (Å²) in [6.45, 7) is 0.0920. The molecule has 2 aliphatic rings. The number of amides is 1. The Morgan fingerprint density at radius 1 is 1.29 bits per heavy atom. The van der Waals surface area contributed by atoms with Gasteiger partial charge >= 0.3 is 12.1 Å². The van der Waals surface area contributed by atoms with E-state index in [2.05, 4.69) is 0 Å². The molecule has 126 valence electrons. The van der Waals surface area contributed by atoms with E-state index in [-0.39, 0.29) is 13.0 Å². The molecule has 1 heterocycles. The molecule has 1 aromatic carbocycles. The summed E-state index contributed by atoms with van der Waals surface area (Å²) in [7, 11) is 1.26. The highest BCUT2D eigenvalue weighted by atomic mass is 16.6. The fourth-order valence-corrected chi connectivity index (χ4v) is 3.15. The molecule has 1 aliphatic heterocycles. The average Bonchev–Trinajstić information content (AvgIpc) is 2.93. The third-order valence-electron chi connectivity index (χ3n) is 4.35. The first-order chi connectivity index (χ1) is 11.5. The summed E-state index contributed by atoms with van der Waals surface area (Å²) in [4.78, 5) is 25.9. The number of hydrogen-bond donors (Lipinski definition) is 1. The molecule has 1 amide bonds. The average molecular weight is 329 g/mol. The number of methoxy groups -OCH3 is 1. The van der Waals surface area contributed by atoms with Crippen LogP contribution in [0.3, 0.4) is 0 Å². The summed E-state index contributed by atoms with van der Waals surface area (Å²) in [5.74, 6) is -0.573. The maximum Gasteiger partial charge on any atom is 0.411 e. The first kappa shape index (κ1) is 16.3. The van der Waals surface area contributed by atoms with Gasteiger partial charge in [-0.05, 0) is 5.56 Å². The molecule has 6 heteroatoms. The Labute approximate surface area is 140 Å². The number of hydrogen-bond acceptors (Lipinski definition) is 5. The van der Waals surface area contributed by atoms with Crippen LogP contribution in [0, 0.1) is 0 Å². The molecule has 3 atom stereocenters. The second-order valence-corrected chi connectivity index (χ2v) is 5.87. The van der Waals surface area contributed by atoms with E-state index in [0.29, 0.717) is 0 Å². The molecule has 1 fully saturated rings. The topological polar surface area (TPSA) is 76.1 Å². The van der Waals surface area contributed by atoms with Crippen molar-refractivity contribution in [2.75, 3.05) is 7.11 Å². The number of likely N-dealkylation sites (tertiary alicyclic amines) is 1. The first-order valence-corrected chi connectivity index (χ1v) is 7.70. The molecule has 1 aromatic rings. The van der Waals surface area contributed by atoms with Gasteiger partial charge in [0, 0.05) is 6.42 Å². The van der Waals surface area contributed by atoms with Crippen molar-refractivity contribution in [1.82, 2.24) is 4.90 Å². The SMILES string of the molecule is COC(=O)[C@@H]1C[C@@]2(O)C=CC=C[C@H]2N1C(=O)OCc1ccccc1. The van der Waals surface area contributed by atoms with Gasteiger partial charge in [-0.1, -0.05) is 54.6 Å². The second kappa shape index (κ2) is 6.49. The molecule has 0 saturated carbocycles. The van der Waals surface area contributed by atoms with E-state index in [0.717, 1.165) is 5.56 Å². The van der Waals surface area contributed by atoms with Crippen LogP contribution in [-0.2, 0) is 20.9 Å². The molecule has 3 rings (SSSR count). The number of allylic oxidation sites excluding steroid dienone is 2. The Kier molecular flexibility index (Phi) is 4.40. The molecule has 1 saturated heterocycles. The molecule has 0 radical (unpaired) electrons. The zero-order valence-corrected chi connectivity index (χ0v) is 13.3. The molecule has 0 unspecified atom stereocenters. The summed E-state index contributed by atoms with van der Waals surface area (Å²) >= 11 is 0. The number of carbonyl (C=O) groups is 2. The maximum atomic E-state index is 12.6. The third kappa shape index (κ3) is 2.92. The van der Waals surface area contributed by atoms with Crippen LogP contribution in [0.25, 0.3) is 0 Å². The standard InChI is InChI=1S/C18H19NO5/c1-23-16(20)14-11-18(22)10-6-5-9-15(18)19(14)17(21)24-12-13-7-3-2-4-8-13/h2-10,14-15,22H,11-12H2,1H3/t14-,15+,18-/m0/s1. The van der Waals surface area contributed by atoms with Gasteiger partial charge in [-0.25, -0.2) is 9.59 Å². The van der Waals surface area contributed by atoms with Gasteiger partial charge in [0.25, 0.3) is 0 Å². The van der Waals surface area contributed by atoms with Gasteiger partial charge in [-0.15, -0.1) is 0 Å². The van der Waals surface area contributed by atoms with Crippen LogP contribution in [0.15, 0.2) is 54.6 Å². The Morgan fingerprint density at radius 3 is 2.75 bits per heavy atom. The van der Waals surface area contributed by atoms with Crippen molar-refractivity contribution in [2.45, 2.75) is 30.7 Å². The molecule has 0 bridgehead atoms. The second-order valence-electron chi connectivity index (χ2n) is 5.87. The van der Waals surface area contributed by atoms with Gasteiger partial charge in [0.2, 0.25) is 0 Å². The molecule has 1 N–H and O–H groups in total. The Morgan fingerprint density at radius 2 is 2.04 bits per heavy atom. The predicted octanol–water partition coefficient (Wildman–Crippen LogP) is 1.80. The normalized spacial score (nSPS) is 27.7. The van der Waals surface area contributed by atoms with Crippen molar-refractivity contribution in [1.29, 1.82) is 0 Å². The molecule has 0 aromatic heterocycles. The number of aliphatic hydroxyl groups is 1. The minimum Gasteiger partial charge on any atom is -0.467 e. The number of fused-ring (bicyclic) bond motifs is 1. The van der Waals surface area contributed by atoms with Crippen molar-refractivity contribution in [3.05, 3.63) is 60.2 Å². The van der Waals surface area contributed by atoms with Crippen molar-refractivity contribution < 1.29 is 24.2 Å². The number of benzene rings is 1. The largest absolute Gasteiger partial charge is 0.467 e. The van der Waals surface area contributed by atoms with Crippen LogP contribution in [0.4, 0.5) is 4.79 Å². The molecule has 0 spiro atoms. The van der Waals surface area contributed by atoms with Crippen molar-refractivity contribution in [2.24, 2.45) is 0 Å². The number of esters is 1. The van der Waals surface area contributed by atoms with E-state index in [1.165, 1.54) is 12.0 Å². The smallest absolute Gasteiger partial charge is 0.411 e. The lowest BCUT2D eigenvalue weighted by atomic mass is 9.89. The lowest BCUT2D eigenvalue weighted by Gasteiger charge is -2.31. The van der Waals surface area contributed by atoms with E-state index in [1.807, 2.05) is 30.3 Å².